The van der Waals surface area contributed by atoms with Crippen LogP contribution in [0.15, 0.2) is 72.3 Å². The van der Waals surface area contributed by atoms with Crippen LogP contribution in [-0.2, 0) is 16.0 Å². The van der Waals surface area contributed by atoms with E-state index in [1.54, 1.807) is 24.1 Å². The molecular weight excluding hydrogens is 655 g/mol. The molecule has 1 unspecified atom stereocenters. The third kappa shape index (κ3) is 5.31. The number of carbonyl (C=O) groups is 2. The number of ether oxygens (including phenoxy) is 1. The normalized spacial score (nSPS) is 36.6. The minimum absolute atomic E-state index is 0.0960. The maximum absolute atomic E-state index is 15.1. The average molecular weight is 705 g/mol. The van der Waals surface area contributed by atoms with Crippen LogP contribution in [0.1, 0.15) is 70.8 Å². The Kier molecular flexibility index (Phi) is 9.10. The molecule has 2 aromatic rings. The molecule has 50 heavy (non-hydrogen) atoms. The first-order valence-corrected chi connectivity index (χ1v) is 18.6. The van der Waals surface area contributed by atoms with E-state index in [1.807, 2.05) is 30.3 Å². The van der Waals surface area contributed by atoms with Crippen molar-refractivity contribution in [1.82, 2.24) is 4.90 Å². The van der Waals surface area contributed by atoms with Crippen molar-refractivity contribution < 1.29 is 28.9 Å². The van der Waals surface area contributed by atoms with Gasteiger partial charge < -0.3 is 25.2 Å². The van der Waals surface area contributed by atoms with E-state index < -0.39 is 33.8 Å². The zero-order chi connectivity index (χ0) is 35.5. The molecule has 2 aromatic carbocycles. The fraction of sp³-hybridized carbons (Fsp3) is 0.561. The van der Waals surface area contributed by atoms with Gasteiger partial charge in [0.25, 0.3) is 0 Å². The number of nitrogens with zero attached hydrogens (tertiary/aromatic N) is 1. The highest BCUT2D eigenvalue weighted by Gasteiger charge is 2.74. The maximum Gasteiger partial charge on any atom is 0.321 e. The molecule has 2 amide bonds. The Morgan fingerprint density at radius 3 is 2.46 bits per heavy atom. The number of methoxy groups -OCH3 is 1. The second-order valence-corrected chi connectivity index (χ2v) is 16.6. The van der Waals surface area contributed by atoms with Gasteiger partial charge in [-0.25, -0.2) is 9.18 Å². The summed E-state index contributed by atoms with van der Waals surface area (Å²) in [4.78, 5) is 30.2. The predicted molar refractivity (Wildman–Crippen MR) is 192 cm³/mol. The molecule has 9 heteroatoms. The van der Waals surface area contributed by atoms with Gasteiger partial charge in [-0.15, -0.1) is 0 Å². The summed E-state index contributed by atoms with van der Waals surface area (Å²) < 4.78 is 20.4. The standard InChI is InChI=1S/C41H50ClFN2O5/c1-37-16-13-28(46)24-39(37)19-20-41(30(25-39)33(47)23-29-31(42)11-7-12-32(29)43)34(37)14-17-38(2)35(41)15-18-40(38,49)26-45(21-8-22-50-3)36(48)44-27-9-5-4-6-10-27/h4-7,9-12,19-20,25,28,34-35,46,49H,8,13-18,21-24,26H2,1-3H3,(H,44,48)/t28?,34-,35-,37-,38+,39+,40-,41-/m1/s1. The summed E-state index contributed by atoms with van der Waals surface area (Å²) >= 11 is 6.46. The van der Waals surface area contributed by atoms with Crippen molar-refractivity contribution in [3.05, 3.63) is 88.7 Å². The number of amides is 2. The summed E-state index contributed by atoms with van der Waals surface area (Å²) in [5, 5.41) is 27.1. The Hall–Kier alpha value is -3.04. The lowest BCUT2D eigenvalue weighted by Gasteiger charge is -2.71. The van der Waals surface area contributed by atoms with E-state index in [2.05, 4.69) is 37.4 Å². The molecule has 0 aliphatic heterocycles. The number of aliphatic hydroxyl groups is 2. The zero-order valence-electron chi connectivity index (χ0n) is 29.4. The summed E-state index contributed by atoms with van der Waals surface area (Å²) in [6, 6.07) is 13.5. The molecule has 3 N–H and O–H groups in total. The number of nitrogens with one attached hydrogen (secondary N) is 1. The first-order chi connectivity index (χ1) is 23.8. The quantitative estimate of drug-likeness (QED) is 0.174. The molecule has 3 saturated carbocycles. The number of anilines is 1. The Balaban J connectivity index is 1.27. The molecule has 8 rings (SSSR count). The molecule has 3 fully saturated rings. The van der Waals surface area contributed by atoms with Crippen molar-refractivity contribution >= 4 is 29.1 Å². The highest BCUT2D eigenvalue weighted by Crippen LogP contribution is 2.78. The number of para-hydroxylation sites is 1. The van der Waals surface area contributed by atoms with Crippen molar-refractivity contribution in [2.75, 3.05) is 32.1 Å². The van der Waals surface area contributed by atoms with E-state index >= 15 is 4.39 Å². The number of benzene rings is 2. The largest absolute Gasteiger partial charge is 0.393 e. The number of hydrogen-bond acceptors (Lipinski definition) is 5. The van der Waals surface area contributed by atoms with Crippen LogP contribution in [0.5, 0.6) is 0 Å². The molecular formula is C41H50ClFN2O5. The Morgan fingerprint density at radius 2 is 1.72 bits per heavy atom. The van der Waals surface area contributed by atoms with E-state index in [0.717, 1.165) is 19.3 Å². The number of ketones is 1. The number of urea groups is 1. The molecule has 0 radical (unpaired) electrons. The van der Waals surface area contributed by atoms with Crippen molar-refractivity contribution in [2.45, 2.75) is 83.3 Å². The van der Waals surface area contributed by atoms with Crippen LogP contribution in [-0.4, -0.2) is 65.4 Å². The van der Waals surface area contributed by atoms with Gasteiger partial charge in [0.15, 0.2) is 5.78 Å². The lowest BCUT2D eigenvalue weighted by atomic mass is 9.32. The minimum Gasteiger partial charge on any atom is -0.393 e. The van der Waals surface area contributed by atoms with E-state index in [4.69, 9.17) is 16.3 Å². The summed E-state index contributed by atoms with van der Waals surface area (Å²) in [5.41, 5.74) is -1.65. The lowest BCUT2D eigenvalue weighted by Crippen LogP contribution is -2.67. The van der Waals surface area contributed by atoms with E-state index in [1.165, 1.54) is 6.07 Å². The molecule has 0 aromatic heterocycles. The van der Waals surface area contributed by atoms with Crippen molar-refractivity contribution in [2.24, 2.45) is 33.5 Å². The van der Waals surface area contributed by atoms with E-state index in [-0.39, 0.29) is 52.6 Å². The maximum atomic E-state index is 15.1. The van der Waals surface area contributed by atoms with Crippen LogP contribution in [0, 0.1) is 39.3 Å². The third-order valence-corrected chi connectivity index (χ3v) is 14.3. The molecule has 6 aliphatic rings. The minimum atomic E-state index is -1.22. The summed E-state index contributed by atoms with van der Waals surface area (Å²) in [6.45, 7) is 5.55. The van der Waals surface area contributed by atoms with Gasteiger partial charge in [-0.1, -0.05) is 67.9 Å². The predicted octanol–water partition coefficient (Wildman–Crippen LogP) is 7.75. The number of hydrogen-bond donors (Lipinski definition) is 3. The number of allylic oxidation sites excluding steroid dienone is 4. The molecule has 7 nitrogen and oxygen atoms in total. The van der Waals surface area contributed by atoms with Gasteiger partial charge in [0.1, 0.15) is 5.82 Å². The summed E-state index contributed by atoms with van der Waals surface area (Å²) in [7, 11) is 1.64. The Bertz CT molecular complexity index is 1700. The molecule has 268 valence electrons. The van der Waals surface area contributed by atoms with Crippen LogP contribution in [0.25, 0.3) is 0 Å². The third-order valence-electron chi connectivity index (χ3n) is 14.0. The number of fused-ring (bicyclic) bond motifs is 1. The molecule has 2 spiro atoms. The highest BCUT2D eigenvalue weighted by molar-refractivity contribution is 6.31. The van der Waals surface area contributed by atoms with Crippen molar-refractivity contribution in [3.8, 4) is 0 Å². The van der Waals surface area contributed by atoms with Gasteiger partial charge in [0.05, 0.1) is 18.2 Å². The van der Waals surface area contributed by atoms with Crippen molar-refractivity contribution in [3.63, 3.8) is 0 Å². The van der Waals surface area contributed by atoms with Gasteiger partial charge in [-0.05, 0) is 92.9 Å². The highest BCUT2D eigenvalue weighted by atomic mass is 35.5. The van der Waals surface area contributed by atoms with Crippen LogP contribution in [0.4, 0.5) is 14.9 Å². The van der Waals surface area contributed by atoms with Crippen LogP contribution in [0.2, 0.25) is 5.02 Å². The molecule has 6 aliphatic carbocycles. The topological polar surface area (TPSA) is 99.1 Å². The van der Waals surface area contributed by atoms with Gasteiger partial charge >= 0.3 is 6.03 Å². The van der Waals surface area contributed by atoms with Crippen LogP contribution >= 0.6 is 11.6 Å². The van der Waals surface area contributed by atoms with Gasteiger partial charge in [-0.2, -0.15) is 0 Å². The van der Waals surface area contributed by atoms with Crippen molar-refractivity contribution in [1.29, 1.82) is 0 Å². The van der Waals surface area contributed by atoms with E-state index in [0.29, 0.717) is 56.5 Å². The molecule has 0 saturated heterocycles. The Morgan fingerprint density at radius 1 is 1.00 bits per heavy atom. The SMILES string of the molecule is COCCCN(C[C@]1(O)CC[C@H]2[C@]34C=C[C@@]5(C=C3C(=O)Cc3c(F)cccc3Cl)CC(O)CC[C@]5(C)[C@H]4CC[C@@]21C)C(=O)Nc1ccccc1. The first-order valence-electron chi connectivity index (χ1n) is 18.2. The smallest absolute Gasteiger partial charge is 0.321 e. The van der Waals surface area contributed by atoms with Crippen LogP contribution < -0.4 is 5.32 Å². The number of carbonyl (C=O) groups excluding carboxylic acids is 2. The lowest BCUT2D eigenvalue weighted by molar-refractivity contribution is -0.177. The Labute approximate surface area is 299 Å². The molecule has 0 heterocycles. The summed E-state index contributed by atoms with van der Waals surface area (Å²) in [5.74, 6) is -0.649. The van der Waals surface area contributed by atoms with Gasteiger partial charge in [0.2, 0.25) is 0 Å². The fourth-order valence-electron chi connectivity index (χ4n) is 11.3. The summed E-state index contributed by atoms with van der Waals surface area (Å²) in [6.07, 6.45) is 11.4. The second kappa shape index (κ2) is 12.9. The average Bonchev–Trinajstić information content (AvgIpc) is 3.36. The van der Waals surface area contributed by atoms with Gasteiger partial charge in [-0.3, -0.25) is 4.79 Å². The van der Waals surface area contributed by atoms with E-state index in [9.17, 15) is 19.8 Å². The van der Waals surface area contributed by atoms with Gasteiger partial charge in [0, 0.05) is 64.8 Å². The number of Topliss-reactive ketones (excluding diaryl/α,β-unsaturated/α-hetero) is 1. The monoisotopic (exact) mass is 704 g/mol. The number of rotatable bonds is 10. The fourth-order valence-corrected chi connectivity index (χ4v) is 11.5. The van der Waals surface area contributed by atoms with Crippen LogP contribution in [0.3, 0.4) is 0 Å². The second-order valence-electron chi connectivity index (χ2n) is 16.2. The first kappa shape index (κ1) is 35.4. The number of aliphatic hydroxyl groups excluding tert-OH is 1. The number of halogens is 2. The molecule has 8 atom stereocenters. The molecule has 2 bridgehead atoms. The zero-order valence-corrected chi connectivity index (χ0v) is 30.1.